The molecule has 0 aromatic carbocycles. The Morgan fingerprint density at radius 1 is 0.882 bits per heavy atom. The Morgan fingerprint density at radius 2 is 1.29 bits per heavy atom. The Labute approximate surface area is 105 Å². The van der Waals surface area contributed by atoms with Crippen molar-refractivity contribution in [3.63, 3.8) is 0 Å². The molecule has 0 spiro atoms. The fourth-order valence-corrected chi connectivity index (χ4v) is 3.12. The van der Waals surface area contributed by atoms with Crippen molar-refractivity contribution in [3.05, 3.63) is 47.9 Å². The van der Waals surface area contributed by atoms with Crippen LogP contribution < -0.4 is 22.9 Å². The molecule has 2 aliphatic carbocycles. The number of hydrogen-bond donors (Lipinski definition) is 4. The molecular formula is C12H18N4S. The largest absolute Gasteiger partial charge is 0.399 e. The third-order valence-electron chi connectivity index (χ3n) is 2.81. The van der Waals surface area contributed by atoms with Gasteiger partial charge in [0, 0.05) is 11.4 Å². The molecule has 0 saturated heterocycles. The van der Waals surface area contributed by atoms with E-state index in [4.69, 9.17) is 22.9 Å². The van der Waals surface area contributed by atoms with Crippen LogP contribution in [0.25, 0.3) is 0 Å². The topological polar surface area (TPSA) is 104 Å². The Kier molecular flexibility index (Phi) is 3.07. The maximum absolute atomic E-state index is 6.28. The number of nitrogens with two attached hydrogens (primary N) is 4. The van der Waals surface area contributed by atoms with Gasteiger partial charge in [0.2, 0.25) is 0 Å². The van der Waals surface area contributed by atoms with Gasteiger partial charge in [0.05, 0.1) is 9.74 Å². The average Bonchev–Trinajstić information content (AvgIpc) is 2.28. The second kappa shape index (κ2) is 4.25. The van der Waals surface area contributed by atoms with Gasteiger partial charge in [-0.15, -0.1) is 11.8 Å². The lowest BCUT2D eigenvalue weighted by Gasteiger charge is -2.36. The molecule has 0 fully saturated rings. The summed E-state index contributed by atoms with van der Waals surface area (Å²) in [5.74, 6) is 0. The van der Waals surface area contributed by atoms with Gasteiger partial charge in [-0.05, 0) is 25.0 Å². The van der Waals surface area contributed by atoms with Gasteiger partial charge in [-0.2, -0.15) is 0 Å². The summed E-state index contributed by atoms with van der Waals surface area (Å²) in [6.07, 6.45) is 12.7. The Balaban J connectivity index is 2.07. The minimum atomic E-state index is -0.498. The SMILES string of the molecule is NC1=CCC(N)(SC2(N)C=CC(N)=CC2)C=C1. The van der Waals surface area contributed by atoms with E-state index in [0.29, 0.717) is 12.8 Å². The van der Waals surface area contributed by atoms with Crippen molar-refractivity contribution in [3.8, 4) is 0 Å². The molecule has 0 saturated carbocycles. The predicted molar refractivity (Wildman–Crippen MR) is 73.5 cm³/mol. The number of allylic oxidation sites excluding steroid dienone is 2. The molecule has 0 aliphatic heterocycles. The summed E-state index contributed by atoms with van der Waals surface area (Å²) in [5, 5.41) is 0. The lowest BCUT2D eigenvalue weighted by Crippen LogP contribution is -2.45. The van der Waals surface area contributed by atoms with Gasteiger partial charge in [-0.1, -0.05) is 24.3 Å². The van der Waals surface area contributed by atoms with Crippen LogP contribution in [0.5, 0.6) is 0 Å². The quantitative estimate of drug-likeness (QED) is 0.538. The number of hydrogen-bond acceptors (Lipinski definition) is 5. The highest BCUT2D eigenvalue weighted by Gasteiger charge is 2.34. The molecule has 0 amide bonds. The van der Waals surface area contributed by atoms with Crippen LogP contribution in [0.3, 0.4) is 0 Å². The highest BCUT2D eigenvalue weighted by molar-refractivity contribution is 8.02. The molecule has 17 heavy (non-hydrogen) atoms. The maximum atomic E-state index is 6.28. The molecule has 92 valence electrons. The molecule has 2 unspecified atom stereocenters. The lowest BCUT2D eigenvalue weighted by molar-refractivity contribution is 0.694. The molecule has 2 aliphatic rings. The van der Waals surface area contributed by atoms with Gasteiger partial charge in [0.15, 0.2) is 0 Å². The van der Waals surface area contributed by atoms with Gasteiger partial charge >= 0.3 is 0 Å². The van der Waals surface area contributed by atoms with Gasteiger partial charge in [0.25, 0.3) is 0 Å². The van der Waals surface area contributed by atoms with E-state index in [1.54, 1.807) is 0 Å². The summed E-state index contributed by atoms with van der Waals surface area (Å²) in [6.45, 7) is 0. The van der Waals surface area contributed by atoms with E-state index in [0.717, 1.165) is 11.4 Å². The first-order chi connectivity index (χ1) is 7.91. The minimum Gasteiger partial charge on any atom is -0.399 e. The molecular weight excluding hydrogens is 232 g/mol. The standard InChI is InChI=1S/C12H18N4S/c13-9-1-5-11(15,6-2-9)17-12(16)7-3-10(14)4-8-12/h1-5,7H,6,8,13-16H2. The van der Waals surface area contributed by atoms with Crippen molar-refractivity contribution in [2.45, 2.75) is 22.6 Å². The molecule has 0 aromatic rings. The van der Waals surface area contributed by atoms with E-state index < -0.39 is 9.74 Å². The van der Waals surface area contributed by atoms with Crippen molar-refractivity contribution >= 4 is 11.8 Å². The second-order valence-electron chi connectivity index (χ2n) is 4.50. The highest BCUT2D eigenvalue weighted by atomic mass is 32.2. The van der Waals surface area contributed by atoms with Crippen molar-refractivity contribution in [2.24, 2.45) is 22.9 Å². The summed E-state index contributed by atoms with van der Waals surface area (Å²) >= 11 is 1.53. The predicted octanol–water partition coefficient (Wildman–Crippen LogP) is 0.635. The molecule has 0 aromatic heterocycles. The zero-order valence-corrected chi connectivity index (χ0v) is 10.4. The van der Waals surface area contributed by atoms with Gasteiger partial charge in [0.1, 0.15) is 0 Å². The van der Waals surface area contributed by atoms with E-state index in [-0.39, 0.29) is 0 Å². The summed E-state index contributed by atoms with van der Waals surface area (Å²) < 4.78 is 0. The van der Waals surface area contributed by atoms with Crippen LogP contribution in [-0.4, -0.2) is 9.74 Å². The van der Waals surface area contributed by atoms with Crippen LogP contribution >= 0.6 is 11.8 Å². The van der Waals surface area contributed by atoms with E-state index in [2.05, 4.69) is 0 Å². The molecule has 4 nitrogen and oxygen atoms in total. The zero-order chi connectivity index (χ0) is 12.5. The molecule has 0 bridgehead atoms. The third-order valence-corrected chi connectivity index (χ3v) is 4.18. The van der Waals surface area contributed by atoms with Crippen LogP contribution in [0.15, 0.2) is 47.9 Å². The van der Waals surface area contributed by atoms with Gasteiger partial charge in [-0.25, -0.2) is 0 Å². The zero-order valence-electron chi connectivity index (χ0n) is 9.60. The third kappa shape index (κ3) is 2.94. The summed E-state index contributed by atoms with van der Waals surface area (Å²) in [4.78, 5) is -0.996. The van der Waals surface area contributed by atoms with E-state index in [9.17, 15) is 0 Å². The van der Waals surface area contributed by atoms with Crippen molar-refractivity contribution in [1.82, 2.24) is 0 Å². The van der Waals surface area contributed by atoms with Gasteiger partial charge < -0.3 is 22.9 Å². The van der Waals surface area contributed by atoms with E-state index in [1.807, 2.05) is 36.5 Å². The number of thioether (sulfide) groups is 1. The molecule has 0 radical (unpaired) electrons. The van der Waals surface area contributed by atoms with Crippen LogP contribution in [-0.2, 0) is 0 Å². The Hall–Kier alpha value is -1.17. The summed E-state index contributed by atoms with van der Waals surface area (Å²) in [5.41, 5.74) is 25.4. The summed E-state index contributed by atoms with van der Waals surface area (Å²) in [7, 11) is 0. The molecule has 2 atom stereocenters. The van der Waals surface area contributed by atoms with Crippen molar-refractivity contribution in [1.29, 1.82) is 0 Å². The molecule has 8 N–H and O–H groups in total. The molecule has 5 heteroatoms. The monoisotopic (exact) mass is 250 g/mol. The minimum absolute atomic E-state index is 0.498. The van der Waals surface area contributed by atoms with Crippen LogP contribution in [0.1, 0.15) is 12.8 Å². The van der Waals surface area contributed by atoms with E-state index >= 15 is 0 Å². The van der Waals surface area contributed by atoms with Crippen LogP contribution in [0, 0.1) is 0 Å². The van der Waals surface area contributed by atoms with E-state index in [1.165, 1.54) is 11.8 Å². The fourth-order valence-electron chi connectivity index (χ4n) is 1.81. The number of rotatable bonds is 2. The molecule has 2 rings (SSSR count). The smallest absolute Gasteiger partial charge is 0.0867 e. The van der Waals surface area contributed by atoms with Crippen LogP contribution in [0.2, 0.25) is 0 Å². The van der Waals surface area contributed by atoms with Crippen molar-refractivity contribution < 1.29 is 0 Å². The first kappa shape index (κ1) is 12.3. The maximum Gasteiger partial charge on any atom is 0.0867 e. The Morgan fingerprint density at radius 3 is 1.59 bits per heavy atom. The first-order valence-corrected chi connectivity index (χ1v) is 6.30. The summed E-state index contributed by atoms with van der Waals surface area (Å²) in [6, 6.07) is 0. The highest BCUT2D eigenvalue weighted by Crippen LogP contribution is 2.40. The molecule has 0 heterocycles. The van der Waals surface area contributed by atoms with Crippen LogP contribution in [0.4, 0.5) is 0 Å². The van der Waals surface area contributed by atoms with Crippen molar-refractivity contribution in [2.75, 3.05) is 0 Å². The lowest BCUT2D eigenvalue weighted by atomic mass is 10.1. The second-order valence-corrected chi connectivity index (χ2v) is 6.22. The average molecular weight is 250 g/mol. The fraction of sp³-hybridized carbons (Fsp3) is 0.333. The van der Waals surface area contributed by atoms with Gasteiger partial charge in [-0.3, -0.25) is 0 Å². The first-order valence-electron chi connectivity index (χ1n) is 5.49. The Bertz CT molecular complexity index is 398. The normalized spacial score (nSPS) is 36.6.